The number of aromatic nitrogens is 2. The second kappa shape index (κ2) is 10.7. The average Bonchev–Trinajstić information content (AvgIpc) is 3.32. The number of rotatable bonds is 8. The molecule has 0 saturated carbocycles. The smallest absolute Gasteiger partial charge is 0.272 e. The van der Waals surface area contributed by atoms with Gasteiger partial charge in [-0.15, -0.1) is 11.3 Å². The Balaban J connectivity index is 1.45. The number of thioether (sulfide) groups is 1. The molecule has 4 rings (SSSR count). The number of nitrogens with zero attached hydrogens (tertiary/aromatic N) is 2. The van der Waals surface area contributed by atoms with Crippen LogP contribution < -0.4 is 16.2 Å². The molecule has 1 unspecified atom stereocenters. The van der Waals surface area contributed by atoms with E-state index in [9.17, 15) is 14.4 Å². The molecular weight excluding hydrogens is 468 g/mol. The van der Waals surface area contributed by atoms with Crippen molar-refractivity contribution in [3.8, 4) is 0 Å². The zero-order valence-corrected chi connectivity index (χ0v) is 20.4. The Morgan fingerprint density at radius 3 is 2.59 bits per heavy atom. The number of anilines is 1. The summed E-state index contributed by atoms with van der Waals surface area (Å²) in [7, 11) is 0. The van der Waals surface area contributed by atoms with Crippen LogP contribution in [0.4, 0.5) is 5.69 Å². The van der Waals surface area contributed by atoms with Crippen molar-refractivity contribution < 1.29 is 9.59 Å². The van der Waals surface area contributed by atoms with Crippen LogP contribution in [0.15, 0.2) is 76.0 Å². The van der Waals surface area contributed by atoms with Crippen LogP contribution in [0.2, 0.25) is 0 Å². The Morgan fingerprint density at radius 2 is 1.82 bits per heavy atom. The number of para-hydroxylation sites is 1. The third-order valence-electron chi connectivity index (χ3n) is 5.27. The minimum atomic E-state index is -0.288. The van der Waals surface area contributed by atoms with E-state index >= 15 is 0 Å². The van der Waals surface area contributed by atoms with Gasteiger partial charge in [-0.3, -0.25) is 19.0 Å². The van der Waals surface area contributed by atoms with E-state index in [4.69, 9.17) is 0 Å². The molecule has 2 heterocycles. The molecule has 7 nitrogen and oxygen atoms in total. The number of benzene rings is 2. The van der Waals surface area contributed by atoms with Gasteiger partial charge in [-0.1, -0.05) is 54.2 Å². The molecule has 2 aromatic carbocycles. The summed E-state index contributed by atoms with van der Waals surface area (Å²) in [4.78, 5) is 42.8. The molecule has 0 radical (unpaired) electrons. The molecule has 34 heavy (non-hydrogen) atoms. The van der Waals surface area contributed by atoms with Crippen LogP contribution in [0.3, 0.4) is 0 Å². The van der Waals surface area contributed by atoms with Crippen LogP contribution >= 0.6 is 23.1 Å². The first-order chi connectivity index (χ1) is 16.5. The fraction of sp³-hybridized carbons (Fsp3) is 0.200. The maximum absolute atomic E-state index is 12.9. The highest BCUT2D eigenvalue weighted by Gasteiger charge is 2.17. The van der Waals surface area contributed by atoms with Crippen molar-refractivity contribution in [2.75, 3.05) is 11.1 Å². The Labute approximate surface area is 205 Å². The minimum Gasteiger partial charge on any atom is -0.345 e. The van der Waals surface area contributed by atoms with Crippen LogP contribution in [-0.2, 0) is 11.3 Å². The summed E-state index contributed by atoms with van der Waals surface area (Å²) in [5.74, 6) is -0.508. The highest BCUT2D eigenvalue weighted by Crippen LogP contribution is 2.22. The number of hydrogen-bond acceptors (Lipinski definition) is 6. The molecule has 2 aromatic heterocycles. The Bertz CT molecular complexity index is 1380. The van der Waals surface area contributed by atoms with Gasteiger partial charge in [0, 0.05) is 6.54 Å². The number of hydrogen-bond donors (Lipinski definition) is 2. The van der Waals surface area contributed by atoms with Crippen molar-refractivity contribution in [3.05, 3.63) is 87.5 Å². The SMILES string of the molecule is CCn1c(SCC(=O)Nc2ccccc2C(=O)NC(C)c2ccccc2)nc2ccsc2c1=O. The predicted octanol–water partition coefficient (Wildman–Crippen LogP) is 4.70. The van der Waals surface area contributed by atoms with E-state index in [-0.39, 0.29) is 29.2 Å². The normalized spacial score (nSPS) is 11.8. The van der Waals surface area contributed by atoms with E-state index in [1.54, 1.807) is 34.9 Å². The minimum absolute atomic E-state index is 0.0540. The fourth-order valence-electron chi connectivity index (χ4n) is 3.52. The van der Waals surface area contributed by atoms with Gasteiger partial charge in [-0.05, 0) is 43.0 Å². The molecule has 174 valence electrons. The van der Waals surface area contributed by atoms with Crippen molar-refractivity contribution in [1.82, 2.24) is 14.9 Å². The largest absolute Gasteiger partial charge is 0.345 e. The standard InChI is InChI=1S/C25H24N4O3S2/c1-3-29-24(32)22-20(13-14-33-22)28-25(29)34-15-21(30)27-19-12-8-7-11-18(19)23(31)26-16(2)17-9-5-4-6-10-17/h4-14,16H,3,15H2,1-2H3,(H,26,31)(H,27,30). The third-order valence-corrected chi connectivity index (χ3v) is 7.14. The van der Waals surface area contributed by atoms with Gasteiger partial charge < -0.3 is 10.6 Å². The second-order valence-electron chi connectivity index (χ2n) is 7.57. The highest BCUT2D eigenvalue weighted by molar-refractivity contribution is 7.99. The third kappa shape index (κ3) is 5.21. The molecule has 0 aliphatic rings. The summed E-state index contributed by atoms with van der Waals surface area (Å²) in [6.45, 7) is 4.25. The molecule has 1 atom stereocenters. The molecule has 0 bridgehead atoms. The number of carbonyl (C=O) groups is 2. The second-order valence-corrected chi connectivity index (χ2v) is 9.43. The molecule has 0 aliphatic carbocycles. The summed E-state index contributed by atoms with van der Waals surface area (Å²) in [5, 5.41) is 8.13. The van der Waals surface area contributed by atoms with Crippen molar-refractivity contribution >= 4 is 50.8 Å². The Hall–Kier alpha value is -3.43. The summed E-state index contributed by atoms with van der Waals surface area (Å²) in [5.41, 5.74) is 2.34. The molecule has 0 spiro atoms. The highest BCUT2D eigenvalue weighted by atomic mass is 32.2. The Kier molecular flexibility index (Phi) is 7.44. The topological polar surface area (TPSA) is 93.1 Å². The predicted molar refractivity (Wildman–Crippen MR) is 138 cm³/mol. The monoisotopic (exact) mass is 492 g/mol. The van der Waals surface area contributed by atoms with Gasteiger partial charge in [0.25, 0.3) is 11.5 Å². The Morgan fingerprint density at radius 1 is 1.09 bits per heavy atom. The fourth-order valence-corrected chi connectivity index (χ4v) is 5.16. The van der Waals surface area contributed by atoms with E-state index in [2.05, 4.69) is 15.6 Å². The lowest BCUT2D eigenvalue weighted by molar-refractivity contribution is -0.113. The quantitative estimate of drug-likeness (QED) is 0.275. The van der Waals surface area contributed by atoms with Crippen LogP contribution in [0.5, 0.6) is 0 Å². The lowest BCUT2D eigenvalue weighted by Gasteiger charge is -2.16. The lowest BCUT2D eigenvalue weighted by Crippen LogP contribution is -2.28. The van der Waals surface area contributed by atoms with E-state index in [0.29, 0.717) is 33.2 Å². The van der Waals surface area contributed by atoms with E-state index in [1.165, 1.54) is 23.1 Å². The summed E-state index contributed by atoms with van der Waals surface area (Å²) < 4.78 is 2.18. The number of thiophene rings is 1. The van der Waals surface area contributed by atoms with Crippen molar-refractivity contribution in [2.45, 2.75) is 31.6 Å². The van der Waals surface area contributed by atoms with Crippen LogP contribution in [0, 0.1) is 0 Å². The van der Waals surface area contributed by atoms with Crippen molar-refractivity contribution in [3.63, 3.8) is 0 Å². The molecule has 0 saturated heterocycles. The number of carbonyl (C=O) groups excluding carboxylic acids is 2. The molecule has 2 amide bonds. The van der Waals surface area contributed by atoms with Gasteiger partial charge >= 0.3 is 0 Å². The van der Waals surface area contributed by atoms with E-state index in [0.717, 1.165) is 5.56 Å². The molecule has 2 N–H and O–H groups in total. The zero-order valence-electron chi connectivity index (χ0n) is 18.8. The van der Waals surface area contributed by atoms with Crippen LogP contribution in [0.1, 0.15) is 35.8 Å². The zero-order chi connectivity index (χ0) is 24.1. The number of fused-ring (bicyclic) bond motifs is 1. The van der Waals surface area contributed by atoms with Gasteiger partial charge in [0.05, 0.1) is 28.6 Å². The maximum Gasteiger partial charge on any atom is 0.272 e. The van der Waals surface area contributed by atoms with Crippen LogP contribution in [-0.4, -0.2) is 27.1 Å². The molecule has 0 aliphatic heterocycles. The van der Waals surface area contributed by atoms with E-state index in [1.807, 2.05) is 49.6 Å². The summed E-state index contributed by atoms with van der Waals surface area (Å²) >= 11 is 2.56. The lowest BCUT2D eigenvalue weighted by atomic mass is 10.1. The molecule has 9 heteroatoms. The first-order valence-corrected chi connectivity index (χ1v) is 12.7. The maximum atomic E-state index is 12.9. The molecular formula is C25H24N4O3S2. The first-order valence-electron chi connectivity index (χ1n) is 10.8. The van der Waals surface area contributed by atoms with Crippen molar-refractivity contribution in [1.29, 1.82) is 0 Å². The molecule has 4 aromatic rings. The number of nitrogens with one attached hydrogen (secondary N) is 2. The van der Waals surface area contributed by atoms with E-state index < -0.39 is 0 Å². The first kappa shape index (κ1) is 23.7. The van der Waals surface area contributed by atoms with Gasteiger partial charge in [-0.25, -0.2) is 4.98 Å². The van der Waals surface area contributed by atoms with Crippen molar-refractivity contribution in [2.24, 2.45) is 0 Å². The summed E-state index contributed by atoms with van der Waals surface area (Å²) in [6.07, 6.45) is 0. The average molecular weight is 493 g/mol. The van der Waals surface area contributed by atoms with Crippen LogP contribution in [0.25, 0.3) is 10.2 Å². The summed E-state index contributed by atoms with van der Waals surface area (Å²) in [6, 6.07) is 18.2. The number of amides is 2. The van der Waals surface area contributed by atoms with Gasteiger partial charge in [0.1, 0.15) is 4.70 Å². The molecule has 0 fully saturated rings. The van der Waals surface area contributed by atoms with Gasteiger partial charge in [0.2, 0.25) is 5.91 Å². The van der Waals surface area contributed by atoms with Gasteiger partial charge in [-0.2, -0.15) is 0 Å². The van der Waals surface area contributed by atoms with Gasteiger partial charge in [0.15, 0.2) is 5.16 Å².